The smallest absolute Gasteiger partial charge is 0.405 e. The molecule has 0 saturated carbocycles. The Kier molecular flexibility index (Phi) is 13.5. The molecule has 288 valence electrons. The third-order valence-electron chi connectivity index (χ3n) is 9.97. The lowest BCUT2D eigenvalue weighted by molar-refractivity contribution is 0.0498. The molecule has 55 heavy (non-hydrogen) atoms. The summed E-state index contributed by atoms with van der Waals surface area (Å²) in [6.07, 6.45) is 1.52. The average molecular weight is 749 g/mol. The number of benzene rings is 4. The first-order chi connectivity index (χ1) is 26.7. The average Bonchev–Trinajstić information content (AvgIpc) is 3.20. The van der Waals surface area contributed by atoms with Gasteiger partial charge in [-0.25, -0.2) is 9.59 Å². The first kappa shape index (κ1) is 39.0. The van der Waals surface area contributed by atoms with Crippen LogP contribution in [-0.2, 0) is 11.3 Å². The Balaban J connectivity index is 0.861. The third-order valence-corrected chi connectivity index (χ3v) is 9.97. The van der Waals surface area contributed by atoms with Crippen LogP contribution in [0.15, 0.2) is 108 Å². The molecular weight excluding hydrogens is 700 g/mol. The summed E-state index contributed by atoms with van der Waals surface area (Å²) in [5.74, 6) is 0.735. The number of amides is 1. The fraction of sp³-hybridized carbons (Fsp3) is 0.326. The number of fused-ring (bicyclic) bond motifs is 1. The van der Waals surface area contributed by atoms with Crippen LogP contribution in [0.3, 0.4) is 0 Å². The number of H-pyrrole nitrogens is 1. The molecule has 5 aromatic rings. The zero-order valence-corrected chi connectivity index (χ0v) is 30.7. The quantitative estimate of drug-likeness (QED) is 0.0479. The van der Waals surface area contributed by atoms with Crippen LogP contribution < -0.4 is 20.9 Å². The van der Waals surface area contributed by atoms with Gasteiger partial charge in [0, 0.05) is 24.5 Å². The summed E-state index contributed by atoms with van der Waals surface area (Å²) in [7, 11) is 0. The summed E-state index contributed by atoms with van der Waals surface area (Å²) in [5, 5.41) is 36.6. The van der Waals surface area contributed by atoms with Gasteiger partial charge in [-0.1, -0.05) is 60.7 Å². The number of rotatable bonds is 17. The van der Waals surface area contributed by atoms with Crippen LogP contribution in [-0.4, -0.2) is 76.7 Å². The molecule has 0 spiro atoms. The second-order valence-corrected chi connectivity index (χ2v) is 13.9. The van der Waals surface area contributed by atoms with E-state index in [4.69, 9.17) is 9.47 Å². The van der Waals surface area contributed by atoms with Gasteiger partial charge in [-0.3, -0.25) is 9.69 Å². The van der Waals surface area contributed by atoms with E-state index in [2.05, 4.69) is 20.5 Å². The Morgan fingerprint density at radius 2 is 1.65 bits per heavy atom. The summed E-state index contributed by atoms with van der Waals surface area (Å²) in [6, 6.07) is 30.2. The standard InChI is InChI=1S/C43H48N4O8/c48-37-17-15-35(36-16-18-39(50)45-41(36)37)38(49)26-44-21-4-5-24-54-42(51)32-13-11-29(12-14-32)27-47-22-19-30(20-23-47)28-55-34-10-6-9-33(25-34)40(46-43(52)53)31-7-2-1-3-8-31/h1-3,6-18,25,30,38,40,44,46,48-49H,4-5,19-24,26-28H2,(H,45,50)(H,52,53)/t38-,40?/m0/s1. The zero-order valence-electron chi connectivity index (χ0n) is 30.7. The Morgan fingerprint density at radius 3 is 2.42 bits per heavy atom. The van der Waals surface area contributed by atoms with Gasteiger partial charge in [0.15, 0.2) is 0 Å². The highest BCUT2D eigenvalue weighted by atomic mass is 16.5. The molecule has 1 aromatic heterocycles. The van der Waals surface area contributed by atoms with Crippen molar-refractivity contribution in [3.63, 3.8) is 0 Å². The molecule has 1 fully saturated rings. The van der Waals surface area contributed by atoms with Crippen molar-refractivity contribution < 1.29 is 34.4 Å². The van der Waals surface area contributed by atoms with Crippen LogP contribution in [0.4, 0.5) is 4.79 Å². The molecule has 12 heteroatoms. The van der Waals surface area contributed by atoms with Crippen LogP contribution >= 0.6 is 0 Å². The van der Waals surface area contributed by atoms with Crippen molar-refractivity contribution in [1.82, 2.24) is 20.5 Å². The lowest BCUT2D eigenvalue weighted by Crippen LogP contribution is -2.35. The maximum Gasteiger partial charge on any atom is 0.405 e. The van der Waals surface area contributed by atoms with Gasteiger partial charge >= 0.3 is 12.1 Å². The molecule has 1 saturated heterocycles. The minimum atomic E-state index is -1.08. The summed E-state index contributed by atoms with van der Waals surface area (Å²) < 4.78 is 11.7. The lowest BCUT2D eigenvalue weighted by Gasteiger charge is -2.32. The predicted octanol–water partition coefficient (Wildman–Crippen LogP) is 6.14. The van der Waals surface area contributed by atoms with Crippen molar-refractivity contribution in [3.8, 4) is 11.5 Å². The number of ether oxygens (including phenoxy) is 2. The van der Waals surface area contributed by atoms with E-state index >= 15 is 0 Å². The number of aromatic hydroxyl groups is 1. The maximum absolute atomic E-state index is 12.6. The molecule has 12 nitrogen and oxygen atoms in total. The van der Waals surface area contributed by atoms with E-state index in [1.807, 2.05) is 78.9 Å². The SMILES string of the molecule is O=C(O)NC(c1ccccc1)c1cccc(OCC2CCN(Cc3ccc(C(=O)OCCCCNC[C@H](O)c4ccc(O)c5[nH]c(=O)ccc45)cc3)CC2)c1. The number of nitrogens with zero attached hydrogens (tertiary/aromatic N) is 1. The minimum absolute atomic E-state index is 0.0496. The number of aromatic nitrogens is 1. The maximum atomic E-state index is 12.6. The molecule has 1 unspecified atom stereocenters. The number of aliphatic hydroxyl groups is 1. The third kappa shape index (κ3) is 10.9. The van der Waals surface area contributed by atoms with Crippen molar-refractivity contribution in [2.45, 2.75) is 44.4 Å². The monoisotopic (exact) mass is 748 g/mol. The fourth-order valence-corrected chi connectivity index (χ4v) is 6.94. The number of phenols is 1. The lowest BCUT2D eigenvalue weighted by atomic mass is 9.97. The number of likely N-dealkylation sites (tertiary alicyclic amines) is 1. The Bertz CT molecular complexity index is 2080. The van der Waals surface area contributed by atoms with Crippen LogP contribution in [0.5, 0.6) is 11.5 Å². The minimum Gasteiger partial charge on any atom is -0.506 e. The van der Waals surface area contributed by atoms with Crippen molar-refractivity contribution in [2.75, 3.05) is 39.4 Å². The van der Waals surface area contributed by atoms with Crippen molar-refractivity contribution in [2.24, 2.45) is 5.92 Å². The Labute approximate surface area is 319 Å². The second kappa shape index (κ2) is 19.1. The Hall–Kier alpha value is -5.69. The van der Waals surface area contributed by atoms with Gasteiger partial charge in [-0.05, 0) is 110 Å². The van der Waals surface area contributed by atoms with Crippen LogP contribution in [0.25, 0.3) is 10.9 Å². The number of nitrogens with one attached hydrogen (secondary N) is 3. The number of hydrogen-bond donors (Lipinski definition) is 6. The number of carboxylic acid groups (broad SMARTS) is 1. The van der Waals surface area contributed by atoms with E-state index in [0.717, 1.165) is 61.3 Å². The number of hydrogen-bond acceptors (Lipinski definition) is 9. The van der Waals surface area contributed by atoms with Crippen LogP contribution in [0, 0.1) is 5.92 Å². The molecule has 2 atom stereocenters. The van der Waals surface area contributed by atoms with Gasteiger partial charge < -0.3 is 40.4 Å². The van der Waals surface area contributed by atoms with Gasteiger partial charge in [0.05, 0.1) is 36.4 Å². The second-order valence-electron chi connectivity index (χ2n) is 13.9. The molecule has 1 aliphatic heterocycles. The van der Waals surface area contributed by atoms with Gasteiger partial charge in [0.25, 0.3) is 0 Å². The summed E-state index contributed by atoms with van der Waals surface area (Å²) >= 11 is 0. The van der Waals surface area contributed by atoms with Crippen molar-refractivity contribution in [1.29, 1.82) is 0 Å². The van der Waals surface area contributed by atoms with Crippen molar-refractivity contribution >= 4 is 23.0 Å². The largest absolute Gasteiger partial charge is 0.506 e. The number of unbranched alkanes of at least 4 members (excludes halogenated alkanes) is 1. The van der Waals surface area contributed by atoms with E-state index < -0.39 is 18.2 Å². The Morgan fingerprint density at radius 1 is 0.891 bits per heavy atom. The van der Waals surface area contributed by atoms with Gasteiger partial charge in [0.2, 0.25) is 5.56 Å². The summed E-state index contributed by atoms with van der Waals surface area (Å²) in [5.41, 5.74) is 3.91. The number of phenolic OH excluding ortho intramolecular Hbond substituents is 1. The van der Waals surface area contributed by atoms with Crippen LogP contribution in [0.2, 0.25) is 0 Å². The van der Waals surface area contributed by atoms with Crippen molar-refractivity contribution in [3.05, 3.63) is 141 Å². The number of pyridine rings is 1. The molecule has 0 aliphatic carbocycles. The fourth-order valence-electron chi connectivity index (χ4n) is 6.94. The first-order valence-corrected chi connectivity index (χ1v) is 18.7. The van der Waals surface area contributed by atoms with Gasteiger partial charge in [-0.2, -0.15) is 0 Å². The molecule has 1 aliphatic rings. The number of aromatic amines is 1. The van der Waals surface area contributed by atoms with E-state index in [1.54, 1.807) is 12.1 Å². The molecule has 0 radical (unpaired) electrons. The normalized spacial score (nSPS) is 14.6. The number of esters is 1. The summed E-state index contributed by atoms with van der Waals surface area (Å²) in [4.78, 5) is 40.8. The van der Waals surface area contributed by atoms with E-state index in [9.17, 15) is 29.7 Å². The molecule has 6 N–H and O–H groups in total. The molecule has 1 amide bonds. The van der Waals surface area contributed by atoms with Gasteiger partial charge in [-0.15, -0.1) is 0 Å². The highest BCUT2D eigenvalue weighted by Crippen LogP contribution is 2.29. The number of carbonyl (C=O) groups is 2. The van der Waals surface area contributed by atoms with E-state index in [1.165, 1.54) is 12.1 Å². The topological polar surface area (TPSA) is 173 Å². The number of carbonyl (C=O) groups excluding carboxylic acids is 1. The zero-order chi connectivity index (χ0) is 38.6. The summed E-state index contributed by atoms with van der Waals surface area (Å²) in [6.45, 7) is 4.49. The molecule has 2 heterocycles. The predicted molar refractivity (Wildman–Crippen MR) is 209 cm³/mol. The molecule has 6 rings (SSSR count). The van der Waals surface area contributed by atoms with Crippen LogP contribution in [0.1, 0.15) is 70.4 Å². The highest BCUT2D eigenvalue weighted by Gasteiger charge is 2.21. The first-order valence-electron chi connectivity index (χ1n) is 18.7. The molecular formula is C43H48N4O8. The van der Waals surface area contributed by atoms with E-state index in [0.29, 0.717) is 60.7 Å². The van der Waals surface area contributed by atoms with E-state index in [-0.39, 0.29) is 17.3 Å². The molecule has 0 bridgehead atoms. The number of aliphatic hydroxyl groups excluding tert-OH is 1. The number of piperidine rings is 1. The van der Waals surface area contributed by atoms with Gasteiger partial charge in [0.1, 0.15) is 11.5 Å². The highest BCUT2D eigenvalue weighted by molar-refractivity contribution is 5.89. The molecule has 4 aromatic carbocycles.